The zero-order valence-corrected chi connectivity index (χ0v) is 31.5. The van der Waals surface area contributed by atoms with E-state index >= 15 is 0 Å². The average molecular weight is 751 g/mol. The first-order valence-corrected chi connectivity index (χ1v) is 20.4. The van der Waals surface area contributed by atoms with Gasteiger partial charge >= 0.3 is 0 Å². The molecular weight excluding hydrogens is 721 g/mol. The van der Waals surface area contributed by atoms with E-state index in [2.05, 4.69) is 175 Å². The van der Waals surface area contributed by atoms with Gasteiger partial charge in [0, 0.05) is 73.2 Å². The fourth-order valence-electron chi connectivity index (χ4n) is 8.45. The number of hydrogen-bond donors (Lipinski definition) is 1. The van der Waals surface area contributed by atoms with Gasteiger partial charge in [-0.05, 0) is 52.7 Å². The number of aliphatic imine (C=N–C) groups is 2. The van der Waals surface area contributed by atoms with Crippen molar-refractivity contribution in [2.75, 3.05) is 0 Å². The molecule has 1 aliphatic rings. The molecule has 1 unspecified atom stereocenters. The molecule has 8 aromatic carbocycles. The second-order valence-electron chi connectivity index (χ2n) is 14.4. The fraction of sp³-hybridized carbons (Fsp3) is 0.0200. The monoisotopic (exact) mass is 750 g/mol. The van der Waals surface area contributed by atoms with Crippen LogP contribution in [0.1, 0.15) is 22.9 Å². The number of pyridine rings is 1. The van der Waals surface area contributed by atoms with Gasteiger partial charge in [-0.15, -0.1) is 22.7 Å². The van der Waals surface area contributed by atoms with Crippen LogP contribution in [-0.4, -0.2) is 16.7 Å². The van der Waals surface area contributed by atoms with Gasteiger partial charge in [0.1, 0.15) is 12.0 Å². The second kappa shape index (κ2) is 12.4. The van der Waals surface area contributed by atoms with Gasteiger partial charge in [0.05, 0.1) is 11.2 Å². The number of amidine groups is 2. The number of benzene rings is 8. The summed E-state index contributed by atoms with van der Waals surface area (Å²) in [6.07, 6.45) is -0.319. The van der Waals surface area contributed by atoms with Gasteiger partial charge < -0.3 is 5.32 Å². The summed E-state index contributed by atoms with van der Waals surface area (Å²) in [6, 6.07) is 60.7. The van der Waals surface area contributed by atoms with Crippen LogP contribution in [0, 0.1) is 0 Å². The van der Waals surface area contributed by atoms with Crippen LogP contribution in [-0.2, 0) is 0 Å². The van der Waals surface area contributed by atoms with Crippen LogP contribution in [0.25, 0.3) is 84.0 Å². The number of fused-ring (bicyclic) bond motifs is 11. The number of para-hydroxylation sites is 1. The molecule has 0 aliphatic carbocycles. The topological polar surface area (TPSA) is 49.6 Å². The molecule has 0 spiro atoms. The highest BCUT2D eigenvalue weighted by Crippen LogP contribution is 2.44. The molecule has 1 N–H and O–H groups in total. The molecule has 0 fully saturated rings. The molecule has 11 aromatic rings. The lowest BCUT2D eigenvalue weighted by atomic mass is 9.97. The van der Waals surface area contributed by atoms with Gasteiger partial charge in [0.25, 0.3) is 0 Å². The smallest absolute Gasteiger partial charge is 0.160 e. The summed E-state index contributed by atoms with van der Waals surface area (Å²) in [5.74, 6) is 1.54. The van der Waals surface area contributed by atoms with Crippen molar-refractivity contribution in [3.63, 3.8) is 0 Å². The molecule has 0 radical (unpaired) electrons. The van der Waals surface area contributed by atoms with Gasteiger partial charge in [0.2, 0.25) is 0 Å². The second-order valence-corrected chi connectivity index (χ2v) is 16.5. The Morgan fingerprint density at radius 2 is 1.21 bits per heavy atom. The van der Waals surface area contributed by atoms with E-state index in [1.165, 1.54) is 61.9 Å². The lowest BCUT2D eigenvalue weighted by Crippen LogP contribution is -2.33. The summed E-state index contributed by atoms with van der Waals surface area (Å²) in [5.41, 5.74) is 6.31. The van der Waals surface area contributed by atoms with E-state index in [1.54, 1.807) is 0 Å². The Kier molecular flexibility index (Phi) is 7.00. The molecule has 0 saturated heterocycles. The molecule has 4 nitrogen and oxygen atoms in total. The first-order valence-electron chi connectivity index (χ1n) is 18.8. The number of rotatable bonds is 4. The van der Waals surface area contributed by atoms with Crippen molar-refractivity contribution in [2.24, 2.45) is 9.98 Å². The van der Waals surface area contributed by atoms with Gasteiger partial charge in [0.15, 0.2) is 5.84 Å². The van der Waals surface area contributed by atoms with Crippen LogP contribution in [0.2, 0.25) is 0 Å². The predicted octanol–water partition coefficient (Wildman–Crippen LogP) is 13.4. The van der Waals surface area contributed by atoms with E-state index in [0.717, 1.165) is 50.5 Å². The van der Waals surface area contributed by atoms with Crippen LogP contribution in [0.5, 0.6) is 0 Å². The van der Waals surface area contributed by atoms with Crippen molar-refractivity contribution in [1.82, 2.24) is 10.3 Å². The third kappa shape index (κ3) is 4.93. The van der Waals surface area contributed by atoms with Crippen LogP contribution in [0.3, 0.4) is 0 Å². The molecule has 0 bridgehead atoms. The van der Waals surface area contributed by atoms with Crippen molar-refractivity contribution < 1.29 is 0 Å². The molecule has 262 valence electrons. The molecule has 1 aliphatic heterocycles. The summed E-state index contributed by atoms with van der Waals surface area (Å²) in [4.78, 5) is 15.8. The molecule has 3 aromatic heterocycles. The van der Waals surface area contributed by atoms with Gasteiger partial charge in [-0.3, -0.25) is 0 Å². The number of nitrogens with zero attached hydrogens (tertiary/aromatic N) is 3. The minimum atomic E-state index is -0.319. The van der Waals surface area contributed by atoms with Gasteiger partial charge in [-0.2, -0.15) is 0 Å². The Balaban J connectivity index is 1.04. The standard InChI is InChI=1S/C50H30N4S2/c1-2-12-30(13-3-1)46-39-25-24-36-40-27-31(22-26-43(40)56-47(36)45(39)38-17-6-8-19-41(38)51-46)48-52-49(32-21-23-35-34-16-7-9-20-42(34)55-44(35)28-32)54-50(53-48)37-18-10-14-29-11-4-5-15-33(29)37/h1-28,49H,(H,52,53,54). The predicted molar refractivity (Wildman–Crippen MR) is 240 cm³/mol. The average Bonchev–Trinajstić information content (AvgIpc) is 3.83. The molecule has 56 heavy (non-hydrogen) atoms. The first kappa shape index (κ1) is 31.6. The molecule has 0 amide bonds. The summed E-state index contributed by atoms with van der Waals surface area (Å²) in [7, 11) is 0. The molecule has 1 atom stereocenters. The highest BCUT2D eigenvalue weighted by atomic mass is 32.1. The zero-order valence-electron chi connectivity index (χ0n) is 29.9. The van der Waals surface area contributed by atoms with Gasteiger partial charge in [-0.25, -0.2) is 15.0 Å². The third-order valence-electron chi connectivity index (χ3n) is 11.1. The van der Waals surface area contributed by atoms with E-state index in [4.69, 9.17) is 15.0 Å². The van der Waals surface area contributed by atoms with E-state index in [9.17, 15) is 0 Å². The number of aromatic nitrogens is 1. The Morgan fingerprint density at radius 1 is 0.482 bits per heavy atom. The van der Waals surface area contributed by atoms with Crippen molar-refractivity contribution in [3.8, 4) is 11.3 Å². The highest BCUT2D eigenvalue weighted by Gasteiger charge is 2.24. The van der Waals surface area contributed by atoms with Gasteiger partial charge in [-0.1, -0.05) is 133 Å². The third-order valence-corrected chi connectivity index (χ3v) is 13.5. The molecule has 4 heterocycles. The number of thiophene rings is 2. The largest absolute Gasteiger partial charge is 0.344 e. The Labute approximate surface area is 329 Å². The van der Waals surface area contributed by atoms with E-state index in [0.29, 0.717) is 0 Å². The maximum atomic E-state index is 5.33. The highest BCUT2D eigenvalue weighted by molar-refractivity contribution is 7.27. The molecule has 12 rings (SSSR count). The summed E-state index contributed by atoms with van der Waals surface area (Å²) in [5, 5.41) is 14.7. The van der Waals surface area contributed by atoms with E-state index in [-0.39, 0.29) is 6.17 Å². The lowest BCUT2D eigenvalue weighted by Gasteiger charge is -2.24. The normalized spacial score (nSPS) is 14.6. The minimum absolute atomic E-state index is 0.319. The maximum absolute atomic E-state index is 5.33. The SMILES string of the molecule is c1ccc(-c2nc3ccccc3c3c2ccc2c4cc(C5=NC(c6cccc7ccccc67)=NC(c6ccc7c(c6)sc6ccccc67)N5)ccc4sc23)cc1. The Hall–Kier alpha value is -6.73. The minimum Gasteiger partial charge on any atom is -0.344 e. The number of hydrogen-bond acceptors (Lipinski definition) is 6. The van der Waals surface area contributed by atoms with E-state index < -0.39 is 0 Å². The van der Waals surface area contributed by atoms with E-state index in [1.807, 2.05) is 22.7 Å². The van der Waals surface area contributed by atoms with Crippen LogP contribution in [0.15, 0.2) is 180 Å². The first-order chi connectivity index (χ1) is 27.7. The molecular formula is C50H30N4S2. The summed E-state index contributed by atoms with van der Waals surface area (Å²) >= 11 is 3.68. The van der Waals surface area contributed by atoms with Crippen LogP contribution >= 0.6 is 22.7 Å². The Morgan fingerprint density at radius 3 is 2.14 bits per heavy atom. The zero-order chi connectivity index (χ0) is 36.7. The molecule has 6 heteroatoms. The summed E-state index contributed by atoms with van der Waals surface area (Å²) < 4.78 is 5.07. The Bertz CT molecular complexity index is 3460. The fourth-order valence-corrected chi connectivity index (χ4v) is 10.9. The maximum Gasteiger partial charge on any atom is 0.160 e. The molecule has 0 saturated carbocycles. The van der Waals surface area contributed by atoms with Crippen molar-refractivity contribution in [3.05, 3.63) is 187 Å². The van der Waals surface area contributed by atoms with Crippen LogP contribution < -0.4 is 5.32 Å². The summed E-state index contributed by atoms with van der Waals surface area (Å²) in [6.45, 7) is 0. The lowest BCUT2D eigenvalue weighted by molar-refractivity contribution is 0.675. The number of nitrogens with one attached hydrogen (secondary N) is 1. The van der Waals surface area contributed by atoms with Crippen molar-refractivity contribution >= 4 is 107 Å². The van der Waals surface area contributed by atoms with Crippen molar-refractivity contribution in [1.29, 1.82) is 0 Å². The van der Waals surface area contributed by atoms with Crippen molar-refractivity contribution in [2.45, 2.75) is 6.17 Å². The quantitative estimate of drug-likeness (QED) is 0.182. The van der Waals surface area contributed by atoms with Crippen LogP contribution in [0.4, 0.5) is 0 Å².